The number of rotatable bonds is 9. The van der Waals surface area contributed by atoms with E-state index in [4.69, 9.17) is 0 Å². The molecule has 0 amide bonds. The summed E-state index contributed by atoms with van der Waals surface area (Å²) in [4.78, 5) is 2.47. The molecule has 0 atom stereocenters. The van der Waals surface area contributed by atoms with E-state index in [0.717, 1.165) is 28.3 Å². The molecule has 0 unspecified atom stereocenters. The average Bonchev–Trinajstić information content (AvgIpc) is 4.27. The van der Waals surface area contributed by atoms with Crippen LogP contribution in [0.4, 0.5) is 17.1 Å². The molecule has 14 aromatic rings. The molecular formula is C73H48N2S. The van der Waals surface area contributed by atoms with Gasteiger partial charge in [0.15, 0.2) is 0 Å². The molecule has 2 heterocycles. The molecule has 2 aromatic heterocycles. The fraction of sp³-hybridized carbons (Fsp3) is 0.0137. The van der Waals surface area contributed by atoms with Crippen molar-refractivity contribution in [1.82, 2.24) is 4.57 Å². The second-order valence-electron chi connectivity index (χ2n) is 20.0. The molecule has 0 spiro atoms. The van der Waals surface area contributed by atoms with Crippen LogP contribution in [0.2, 0.25) is 0 Å². The van der Waals surface area contributed by atoms with Crippen LogP contribution in [0.25, 0.3) is 92.2 Å². The van der Waals surface area contributed by atoms with Crippen molar-refractivity contribution in [1.29, 1.82) is 0 Å². The molecule has 15 rings (SSSR count). The quantitative estimate of drug-likeness (QED) is 0.140. The zero-order valence-electron chi connectivity index (χ0n) is 41.5. The summed E-state index contributed by atoms with van der Waals surface area (Å²) in [7, 11) is 0. The Balaban J connectivity index is 0.836. The van der Waals surface area contributed by atoms with E-state index in [1.807, 2.05) is 11.3 Å². The maximum absolute atomic E-state index is 2.47. The van der Waals surface area contributed by atoms with E-state index in [1.54, 1.807) is 0 Å². The highest BCUT2D eigenvalue weighted by molar-refractivity contribution is 7.25. The van der Waals surface area contributed by atoms with Crippen molar-refractivity contribution in [2.45, 2.75) is 5.41 Å². The van der Waals surface area contributed by atoms with Crippen LogP contribution in [0.1, 0.15) is 22.3 Å². The standard InChI is InChI=1S/C73H48N2S/c1-3-16-55(17-4-1)73(56-18-5-2-6-19-56)65-24-11-7-23-63(65)72-66(73)25-15-28-69(72)74(57-41-34-50(35-42-57)49-30-32-53(33-31-49)54-40-47-71-64(48-54)62-22-10-14-29-70(62)76-71)58-43-36-51(37-44-58)52-38-45-59(46-39-52)75-67-26-12-8-20-60(67)61-21-9-13-27-68(61)75/h1-48H. The summed E-state index contributed by atoms with van der Waals surface area (Å²) in [5, 5.41) is 5.17. The SMILES string of the molecule is c1ccc(C2(c3ccccc3)c3ccccc3-c3c(N(c4ccc(-c5ccc(-c6ccc7sc8ccccc8c7c6)cc5)cc4)c4ccc(-c5ccc(-n6c7ccccc7c7ccccc76)cc5)cc4)cccc32)cc1. The van der Waals surface area contributed by atoms with Crippen molar-refractivity contribution in [2.24, 2.45) is 0 Å². The zero-order valence-corrected chi connectivity index (χ0v) is 42.3. The van der Waals surface area contributed by atoms with Crippen LogP contribution in [0.5, 0.6) is 0 Å². The van der Waals surface area contributed by atoms with Crippen molar-refractivity contribution in [3.8, 4) is 50.2 Å². The van der Waals surface area contributed by atoms with Crippen molar-refractivity contribution in [3.63, 3.8) is 0 Å². The van der Waals surface area contributed by atoms with Gasteiger partial charge in [-0.25, -0.2) is 0 Å². The van der Waals surface area contributed by atoms with E-state index in [-0.39, 0.29) is 0 Å². The lowest BCUT2D eigenvalue weighted by atomic mass is 9.68. The highest BCUT2D eigenvalue weighted by atomic mass is 32.1. The van der Waals surface area contributed by atoms with Gasteiger partial charge in [-0.2, -0.15) is 0 Å². The summed E-state index contributed by atoms with van der Waals surface area (Å²) in [6, 6.07) is 108. The van der Waals surface area contributed by atoms with E-state index in [1.165, 1.54) is 103 Å². The summed E-state index contributed by atoms with van der Waals surface area (Å²) in [5.41, 5.74) is 21.0. The molecule has 2 nitrogen and oxygen atoms in total. The molecule has 12 aromatic carbocycles. The molecule has 0 radical (unpaired) electrons. The molecule has 356 valence electrons. The first-order valence-corrected chi connectivity index (χ1v) is 27.0. The van der Waals surface area contributed by atoms with E-state index in [9.17, 15) is 0 Å². The predicted octanol–water partition coefficient (Wildman–Crippen LogP) is 20.0. The first kappa shape index (κ1) is 44.0. The summed E-state index contributed by atoms with van der Waals surface area (Å²) >= 11 is 1.86. The number of nitrogens with zero attached hydrogens (tertiary/aromatic N) is 2. The second-order valence-corrected chi connectivity index (χ2v) is 21.0. The van der Waals surface area contributed by atoms with Crippen molar-refractivity contribution in [2.75, 3.05) is 4.90 Å². The van der Waals surface area contributed by atoms with Crippen LogP contribution in [0.15, 0.2) is 291 Å². The topological polar surface area (TPSA) is 8.17 Å². The average molecular weight is 985 g/mol. The normalized spacial score (nSPS) is 12.6. The molecule has 0 N–H and O–H groups in total. The fourth-order valence-corrected chi connectivity index (χ4v) is 13.5. The minimum absolute atomic E-state index is 0.523. The van der Waals surface area contributed by atoms with Gasteiger partial charge in [-0.1, -0.05) is 218 Å². The van der Waals surface area contributed by atoms with Crippen molar-refractivity contribution in [3.05, 3.63) is 313 Å². The number of hydrogen-bond donors (Lipinski definition) is 0. The Morgan fingerprint density at radius 1 is 0.316 bits per heavy atom. The Morgan fingerprint density at radius 3 is 1.37 bits per heavy atom. The molecule has 0 saturated heterocycles. The smallest absolute Gasteiger partial charge is 0.0714 e. The third-order valence-electron chi connectivity index (χ3n) is 15.9. The molecule has 0 aliphatic heterocycles. The minimum atomic E-state index is -0.523. The van der Waals surface area contributed by atoms with Gasteiger partial charge in [-0.15, -0.1) is 11.3 Å². The number of aromatic nitrogens is 1. The zero-order chi connectivity index (χ0) is 50.2. The number of thiophene rings is 1. The predicted molar refractivity (Wildman–Crippen MR) is 322 cm³/mol. The Morgan fingerprint density at radius 2 is 0.763 bits per heavy atom. The summed E-state index contributed by atoms with van der Waals surface area (Å²) in [6.07, 6.45) is 0. The molecule has 76 heavy (non-hydrogen) atoms. The van der Waals surface area contributed by atoms with E-state index >= 15 is 0 Å². The highest BCUT2D eigenvalue weighted by Crippen LogP contribution is 2.59. The van der Waals surface area contributed by atoms with Gasteiger partial charge in [0.25, 0.3) is 0 Å². The summed E-state index contributed by atoms with van der Waals surface area (Å²) in [6.45, 7) is 0. The van der Waals surface area contributed by atoms with Gasteiger partial charge >= 0.3 is 0 Å². The number of para-hydroxylation sites is 2. The van der Waals surface area contributed by atoms with Gasteiger partial charge in [0.1, 0.15) is 0 Å². The molecule has 1 aliphatic rings. The van der Waals surface area contributed by atoms with E-state index < -0.39 is 5.41 Å². The van der Waals surface area contributed by atoms with Gasteiger partial charge < -0.3 is 9.47 Å². The molecule has 0 fully saturated rings. The monoisotopic (exact) mass is 984 g/mol. The maximum Gasteiger partial charge on any atom is 0.0714 e. The Labute approximate surface area is 446 Å². The van der Waals surface area contributed by atoms with Gasteiger partial charge in [-0.3, -0.25) is 0 Å². The van der Waals surface area contributed by atoms with Gasteiger partial charge in [-0.05, 0) is 134 Å². The van der Waals surface area contributed by atoms with Crippen LogP contribution in [0, 0.1) is 0 Å². The molecule has 1 aliphatic carbocycles. The summed E-state index contributed by atoms with van der Waals surface area (Å²) in [5.74, 6) is 0. The molecule has 0 bridgehead atoms. The number of anilines is 3. The number of benzene rings is 12. The molecular weight excluding hydrogens is 937 g/mol. The van der Waals surface area contributed by atoms with E-state index in [0.29, 0.717) is 0 Å². The minimum Gasteiger partial charge on any atom is -0.310 e. The number of hydrogen-bond acceptors (Lipinski definition) is 2. The third-order valence-corrected chi connectivity index (χ3v) is 17.1. The summed E-state index contributed by atoms with van der Waals surface area (Å²) < 4.78 is 5.03. The van der Waals surface area contributed by atoms with Crippen LogP contribution < -0.4 is 4.90 Å². The lowest BCUT2D eigenvalue weighted by molar-refractivity contribution is 0.768. The lowest BCUT2D eigenvalue weighted by Gasteiger charge is -2.34. The highest BCUT2D eigenvalue weighted by Gasteiger charge is 2.47. The first-order chi connectivity index (χ1) is 37.7. The van der Waals surface area contributed by atoms with Crippen LogP contribution in [-0.4, -0.2) is 4.57 Å². The van der Waals surface area contributed by atoms with Gasteiger partial charge in [0, 0.05) is 53.6 Å². The third kappa shape index (κ3) is 6.94. The van der Waals surface area contributed by atoms with Crippen LogP contribution in [-0.2, 0) is 5.41 Å². The van der Waals surface area contributed by atoms with Crippen LogP contribution >= 0.6 is 11.3 Å². The fourth-order valence-electron chi connectivity index (χ4n) is 12.5. The number of fused-ring (bicyclic) bond motifs is 9. The Kier molecular flexibility index (Phi) is 10.3. The van der Waals surface area contributed by atoms with Crippen LogP contribution in [0.3, 0.4) is 0 Å². The Hall–Kier alpha value is -9.54. The second kappa shape index (κ2) is 17.8. The molecule has 0 saturated carbocycles. The Bertz CT molecular complexity index is 4380. The van der Waals surface area contributed by atoms with E-state index in [2.05, 4.69) is 301 Å². The largest absolute Gasteiger partial charge is 0.310 e. The first-order valence-electron chi connectivity index (χ1n) is 26.1. The maximum atomic E-state index is 2.47. The van der Waals surface area contributed by atoms with Crippen molar-refractivity contribution >= 4 is 70.4 Å². The van der Waals surface area contributed by atoms with Crippen molar-refractivity contribution < 1.29 is 0 Å². The van der Waals surface area contributed by atoms with Gasteiger partial charge in [0.05, 0.1) is 22.1 Å². The van der Waals surface area contributed by atoms with Gasteiger partial charge in [0.2, 0.25) is 0 Å². The lowest BCUT2D eigenvalue weighted by Crippen LogP contribution is -2.28. The molecule has 3 heteroatoms.